The van der Waals surface area contributed by atoms with Crippen LogP contribution < -0.4 is 0 Å². The van der Waals surface area contributed by atoms with Gasteiger partial charge < -0.3 is 10.0 Å². The monoisotopic (exact) mass is 291 g/mol. The summed E-state index contributed by atoms with van der Waals surface area (Å²) in [6.07, 6.45) is 3.25. The standard InChI is InChI=1S/C13H13N3O3S/c1-8-16(11(7-20-8)13(18)19)12(17)9-6-14-15-5-3-2-4-10(9)15/h2-6,8,11H,7H2,1H3,(H,18,19). The maximum absolute atomic E-state index is 12.6. The number of carboxylic acid groups (broad SMARTS) is 1. The van der Waals surface area contributed by atoms with Crippen LogP contribution in [0, 0.1) is 0 Å². The molecule has 0 radical (unpaired) electrons. The van der Waals surface area contributed by atoms with Gasteiger partial charge in [0.2, 0.25) is 0 Å². The molecule has 1 aliphatic heterocycles. The van der Waals surface area contributed by atoms with Gasteiger partial charge in [0.15, 0.2) is 0 Å². The lowest BCUT2D eigenvalue weighted by Gasteiger charge is -2.24. The summed E-state index contributed by atoms with van der Waals surface area (Å²) >= 11 is 1.47. The van der Waals surface area contributed by atoms with Crippen molar-refractivity contribution in [3.63, 3.8) is 0 Å². The lowest BCUT2D eigenvalue weighted by molar-refractivity contribution is -0.141. The van der Waals surface area contributed by atoms with E-state index in [0.717, 1.165) is 0 Å². The molecule has 1 aliphatic rings. The summed E-state index contributed by atoms with van der Waals surface area (Å²) in [5, 5.41) is 13.2. The first-order valence-corrected chi connectivity index (χ1v) is 7.24. The number of hydrogen-bond donors (Lipinski definition) is 1. The number of carbonyl (C=O) groups is 2. The molecule has 0 aliphatic carbocycles. The highest BCUT2D eigenvalue weighted by molar-refractivity contribution is 8.00. The Hall–Kier alpha value is -2.02. The molecule has 2 aromatic rings. The number of nitrogens with zero attached hydrogens (tertiary/aromatic N) is 3. The molecule has 1 saturated heterocycles. The molecule has 2 aromatic heterocycles. The van der Waals surface area contributed by atoms with Crippen LogP contribution in [0.5, 0.6) is 0 Å². The van der Waals surface area contributed by atoms with E-state index >= 15 is 0 Å². The number of pyridine rings is 1. The molecule has 2 unspecified atom stereocenters. The molecule has 0 spiro atoms. The van der Waals surface area contributed by atoms with Gasteiger partial charge in [-0.05, 0) is 19.1 Å². The van der Waals surface area contributed by atoms with Crippen LogP contribution in [0.1, 0.15) is 17.3 Å². The zero-order valence-corrected chi connectivity index (χ0v) is 11.6. The van der Waals surface area contributed by atoms with E-state index in [4.69, 9.17) is 0 Å². The van der Waals surface area contributed by atoms with E-state index in [-0.39, 0.29) is 11.3 Å². The maximum atomic E-state index is 12.6. The van der Waals surface area contributed by atoms with Crippen LogP contribution in [0.4, 0.5) is 0 Å². The minimum Gasteiger partial charge on any atom is -0.480 e. The molecule has 0 bridgehead atoms. The summed E-state index contributed by atoms with van der Waals surface area (Å²) in [5.74, 6) is -0.829. The number of hydrogen-bond acceptors (Lipinski definition) is 4. The molecular formula is C13H13N3O3S. The van der Waals surface area contributed by atoms with Gasteiger partial charge in [0.25, 0.3) is 5.91 Å². The van der Waals surface area contributed by atoms with E-state index in [9.17, 15) is 14.7 Å². The van der Waals surface area contributed by atoms with Crippen molar-refractivity contribution in [2.75, 3.05) is 5.75 Å². The van der Waals surface area contributed by atoms with Gasteiger partial charge in [0, 0.05) is 11.9 Å². The minimum atomic E-state index is -0.966. The van der Waals surface area contributed by atoms with Crippen molar-refractivity contribution >= 4 is 29.2 Å². The Bertz CT molecular complexity index is 684. The molecule has 0 aromatic carbocycles. The van der Waals surface area contributed by atoms with Crippen molar-refractivity contribution in [3.8, 4) is 0 Å². The van der Waals surface area contributed by atoms with Gasteiger partial charge in [0.1, 0.15) is 6.04 Å². The number of aliphatic carboxylic acids is 1. The number of thioether (sulfide) groups is 1. The predicted molar refractivity (Wildman–Crippen MR) is 74.7 cm³/mol. The average Bonchev–Trinajstić information content (AvgIpc) is 3.01. The van der Waals surface area contributed by atoms with Crippen molar-refractivity contribution in [2.24, 2.45) is 0 Å². The highest BCUT2D eigenvalue weighted by atomic mass is 32.2. The molecule has 7 heteroatoms. The summed E-state index contributed by atoms with van der Waals surface area (Å²) < 4.78 is 1.61. The van der Waals surface area contributed by atoms with Crippen LogP contribution >= 0.6 is 11.8 Å². The van der Waals surface area contributed by atoms with Crippen LogP contribution in [-0.4, -0.2) is 48.7 Å². The van der Waals surface area contributed by atoms with E-state index in [2.05, 4.69) is 5.10 Å². The van der Waals surface area contributed by atoms with Gasteiger partial charge in [-0.15, -0.1) is 11.8 Å². The first kappa shape index (κ1) is 13.0. The highest BCUT2D eigenvalue weighted by Gasteiger charge is 2.40. The molecule has 3 heterocycles. The summed E-state index contributed by atoms with van der Waals surface area (Å²) in [7, 11) is 0. The van der Waals surface area contributed by atoms with Crippen molar-refractivity contribution in [1.82, 2.24) is 14.5 Å². The van der Waals surface area contributed by atoms with Gasteiger partial charge in [-0.3, -0.25) is 4.79 Å². The van der Waals surface area contributed by atoms with Crippen LogP contribution in [0.3, 0.4) is 0 Å². The molecule has 0 saturated carbocycles. The molecular weight excluding hydrogens is 278 g/mol. The van der Waals surface area contributed by atoms with Gasteiger partial charge in [-0.2, -0.15) is 5.10 Å². The topological polar surface area (TPSA) is 74.9 Å². The normalized spacial score (nSPS) is 22.4. The number of amides is 1. The molecule has 104 valence electrons. The fourth-order valence-corrected chi connectivity index (χ4v) is 3.55. The SMILES string of the molecule is CC1SCC(C(=O)O)N1C(=O)c1cnn2ccccc12. The lowest BCUT2D eigenvalue weighted by Crippen LogP contribution is -2.44. The number of aromatic nitrogens is 2. The quantitative estimate of drug-likeness (QED) is 0.903. The molecule has 20 heavy (non-hydrogen) atoms. The summed E-state index contributed by atoms with van der Waals surface area (Å²) in [6.45, 7) is 1.84. The second kappa shape index (κ2) is 4.82. The number of fused-ring (bicyclic) bond motifs is 1. The Kier molecular flexibility index (Phi) is 3.13. The number of rotatable bonds is 2. The minimum absolute atomic E-state index is 0.151. The summed E-state index contributed by atoms with van der Waals surface area (Å²) in [4.78, 5) is 25.3. The van der Waals surface area contributed by atoms with Crippen LogP contribution in [-0.2, 0) is 4.79 Å². The largest absolute Gasteiger partial charge is 0.480 e. The molecule has 1 N–H and O–H groups in total. The molecule has 2 atom stereocenters. The Morgan fingerprint density at radius 3 is 3.00 bits per heavy atom. The fraction of sp³-hybridized carbons (Fsp3) is 0.308. The van der Waals surface area contributed by atoms with E-state index in [0.29, 0.717) is 16.8 Å². The third-order valence-corrected chi connectivity index (χ3v) is 4.62. The van der Waals surface area contributed by atoms with Gasteiger partial charge in [-0.25, -0.2) is 9.31 Å². The van der Waals surface area contributed by atoms with E-state index in [1.165, 1.54) is 22.9 Å². The molecule has 1 amide bonds. The van der Waals surface area contributed by atoms with Crippen LogP contribution in [0.15, 0.2) is 30.6 Å². The Morgan fingerprint density at radius 1 is 1.45 bits per heavy atom. The van der Waals surface area contributed by atoms with E-state index < -0.39 is 12.0 Å². The fourth-order valence-electron chi connectivity index (χ4n) is 2.38. The van der Waals surface area contributed by atoms with Gasteiger partial charge >= 0.3 is 5.97 Å². The maximum Gasteiger partial charge on any atom is 0.327 e. The average molecular weight is 291 g/mol. The Balaban J connectivity index is 2.01. The summed E-state index contributed by atoms with van der Waals surface area (Å²) in [5.41, 5.74) is 1.12. The smallest absolute Gasteiger partial charge is 0.327 e. The van der Waals surface area contributed by atoms with Crippen molar-refractivity contribution < 1.29 is 14.7 Å². The molecule has 3 rings (SSSR count). The second-order valence-electron chi connectivity index (χ2n) is 4.59. The zero-order chi connectivity index (χ0) is 14.3. The Labute approximate surface area is 119 Å². The third kappa shape index (κ3) is 1.94. The van der Waals surface area contributed by atoms with Gasteiger partial charge in [-0.1, -0.05) is 6.07 Å². The van der Waals surface area contributed by atoms with Crippen molar-refractivity contribution in [3.05, 3.63) is 36.2 Å². The Morgan fingerprint density at radius 2 is 2.25 bits per heavy atom. The van der Waals surface area contributed by atoms with E-state index in [1.807, 2.05) is 19.1 Å². The third-order valence-electron chi connectivity index (χ3n) is 3.40. The highest BCUT2D eigenvalue weighted by Crippen LogP contribution is 2.31. The number of carbonyl (C=O) groups excluding carboxylic acids is 1. The van der Waals surface area contributed by atoms with E-state index in [1.54, 1.807) is 16.8 Å². The molecule has 6 nitrogen and oxygen atoms in total. The predicted octanol–water partition coefficient (Wildman–Crippen LogP) is 1.32. The first-order chi connectivity index (χ1) is 9.59. The lowest BCUT2D eigenvalue weighted by atomic mass is 10.2. The second-order valence-corrected chi connectivity index (χ2v) is 5.94. The van der Waals surface area contributed by atoms with Gasteiger partial charge in [0.05, 0.1) is 22.7 Å². The number of carboxylic acids is 1. The van der Waals surface area contributed by atoms with Crippen LogP contribution in [0.2, 0.25) is 0 Å². The van der Waals surface area contributed by atoms with Crippen molar-refractivity contribution in [2.45, 2.75) is 18.3 Å². The zero-order valence-electron chi connectivity index (χ0n) is 10.8. The van der Waals surface area contributed by atoms with Crippen LogP contribution in [0.25, 0.3) is 5.52 Å². The van der Waals surface area contributed by atoms with Crippen molar-refractivity contribution in [1.29, 1.82) is 0 Å². The summed E-state index contributed by atoms with van der Waals surface area (Å²) in [6, 6.07) is 4.66. The first-order valence-electron chi connectivity index (χ1n) is 6.19. The molecule has 1 fully saturated rings.